The molecule has 1 aromatic carbocycles. The van der Waals surface area contributed by atoms with Gasteiger partial charge in [0.15, 0.2) is 0 Å². The second-order valence-electron chi connectivity index (χ2n) is 9.43. The van der Waals surface area contributed by atoms with Crippen molar-refractivity contribution in [2.24, 2.45) is 18.7 Å². The number of amides is 2. The molecule has 1 aromatic heterocycles. The van der Waals surface area contributed by atoms with Crippen LogP contribution in [0.4, 0.5) is 5.69 Å². The molecule has 8 heteroatoms. The number of piperidine rings is 1. The summed E-state index contributed by atoms with van der Waals surface area (Å²) in [7, 11) is 1.92. The maximum atomic E-state index is 12.3. The summed E-state index contributed by atoms with van der Waals surface area (Å²) < 4.78 is 1.86. The summed E-state index contributed by atoms with van der Waals surface area (Å²) >= 11 is 0. The number of piperazine rings is 1. The lowest BCUT2D eigenvalue weighted by atomic mass is 9.79. The fourth-order valence-corrected chi connectivity index (χ4v) is 5.30. The van der Waals surface area contributed by atoms with Crippen molar-refractivity contribution in [3.63, 3.8) is 0 Å². The third-order valence-electron chi connectivity index (χ3n) is 7.30. The summed E-state index contributed by atoms with van der Waals surface area (Å²) in [6.07, 6.45) is 4.56. The molecule has 1 unspecified atom stereocenters. The maximum absolute atomic E-state index is 12.3. The van der Waals surface area contributed by atoms with E-state index in [0.29, 0.717) is 18.9 Å². The van der Waals surface area contributed by atoms with Crippen LogP contribution in [0.25, 0.3) is 10.9 Å². The van der Waals surface area contributed by atoms with Crippen LogP contribution in [0.5, 0.6) is 0 Å². The minimum Gasteiger partial charge on any atom is -0.369 e. The van der Waals surface area contributed by atoms with E-state index in [1.54, 1.807) is 0 Å². The van der Waals surface area contributed by atoms with Crippen molar-refractivity contribution >= 4 is 28.4 Å². The Bertz CT molecular complexity index is 987. The normalized spacial score (nSPS) is 27.4. The number of hydrogen-bond acceptors (Lipinski definition) is 6. The largest absolute Gasteiger partial charge is 0.369 e. The standard InChI is InChI=1S/C23H32N6O2/c1-27-20-14-17(29-10-8-28(9-11-29)7-6-15-12-16(24)13-15)2-3-18(20)22(26-27)19-4-5-21(30)25-23(19)31/h2-3,14-16,19H,4-13,24H2,1H3,(H,25,30,31). The van der Waals surface area contributed by atoms with Gasteiger partial charge in [0.05, 0.1) is 17.1 Å². The number of carbonyl (C=O) groups excluding carboxylic acids is 2. The van der Waals surface area contributed by atoms with Crippen LogP contribution >= 0.6 is 0 Å². The van der Waals surface area contributed by atoms with E-state index in [1.165, 1.54) is 31.5 Å². The number of nitrogens with zero attached hydrogens (tertiary/aromatic N) is 4. The number of aryl methyl sites for hydroxylation is 1. The molecule has 2 amide bonds. The lowest BCUT2D eigenvalue weighted by Crippen LogP contribution is -2.47. The zero-order valence-electron chi connectivity index (χ0n) is 18.2. The molecular formula is C23H32N6O2. The monoisotopic (exact) mass is 424 g/mol. The molecule has 0 spiro atoms. The van der Waals surface area contributed by atoms with Crippen molar-refractivity contribution in [2.75, 3.05) is 37.6 Å². The summed E-state index contributed by atoms with van der Waals surface area (Å²) in [6.45, 7) is 5.40. The molecule has 3 fully saturated rings. The van der Waals surface area contributed by atoms with Gasteiger partial charge in [-0.2, -0.15) is 5.10 Å². The minimum absolute atomic E-state index is 0.195. The third-order valence-corrected chi connectivity index (χ3v) is 7.30. The Morgan fingerprint density at radius 2 is 1.94 bits per heavy atom. The third kappa shape index (κ3) is 4.06. The molecular weight excluding hydrogens is 392 g/mol. The molecule has 1 atom stereocenters. The number of fused-ring (bicyclic) bond motifs is 1. The molecule has 2 saturated heterocycles. The maximum Gasteiger partial charge on any atom is 0.235 e. The highest BCUT2D eigenvalue weighted by atomic mass is 16.2. The number of hydrogen-bond donors (Lipinski definition) is 2. The Labute approximate surface area is 182 Å². The number of benzene rings is 1. The molecule has 2 aromatic rings. The van der Waals surface area contributed by atoms with Crippen LogP contribution in [0.15, 0.2) is 18.2 Å². The van der Waals surface area contributed by atoms with E-state index in [9.17, 15) is 9.59 Å². The Morgan fingerprint density at radius 1 is 1.16 bits per heavy atom. The van der Waals surface area contributed by atoms with Crippen molar-refractivity contribution in [3.05, 3.63) is 23.9 Å². The summed E-state index contributed by atoms with van der Waals surface area (Å²) in [5, 5.41) is 8.10. The highest BCUT2D eigenvalue weighted by Crippen LogP contribution is 2.33. The Hall–Kier alpha value is -2.45. The smallest absolute Gasteiger partial charge is 0.235 e. The van der Waals surface area contributed by atoms with Gasteiger partial charge in [-0.1, -0.05) is 0 Å². The van der Waals surface area contributed by atoms with E-state index in [2.05, 4.69) is 38.4 Å². The van der Waals surface area contributed by atoms with Crippen molar-refractivity contribution in [2.45, 2.75) is 44.1 Å². The van der Waals surface area contributed by atoms with Crippen molar-refractivity contribution < 1.29 is 9.59 Å². The highest BCUT2D eigenvalue weighted by Gasteiger charge is 2.32. The molecule has 5 rings (SSSR count). The Balaban J connectivity index is 1.25. The van der Waals surface area contributed by atoms with Gasteiger partial charge in [0.2, 0.25) is 11.8 Å². The molecule has 3 heterocycles. The summed E-state index contributed by atoms with van der Waals surface area (Å²) in [5.74, 6) is 0.0411. The molecule has 0 radical (unpaired) electrons. The molecule has 0 bridgehead atoms. The predicted octanol–water partition coefficient (Wildman–Crippen LogP) is 1.34. The first-order valence-electron chi connectivity index (χ1n) is 11.5. The molecule has 31 heavy (non-hydrogen) atoms. The van der Waals surface area contributed by atoms with E-state index in [-0.39, 0.29) is 17.7 Å². The van der Waals surface area contributed by atoms with E-state index < -0.39 is 0 Å². The second kappa shape index (κ2) is 8.24. The molecule has 3 N–H and O–H groups in total. The van der Waals surface area contributed by atoms with Crippen LogP contribution in [-0.4, -0.2) is 65.3 Å². The zero-order chi connectivity index (χ0) is 21.5. The first kappa shape index (κ1) is 20.5. The van der Waals surface area contributed by atoms with Gasteiger partial charge in [0.25, 0.3) is 0 Å². The molecule has 8 nitrogen and oxygen atoms in total. The minimum atomic E-state index is -0.360. The number of nitrogens with one attached hydrogen (secondary N) is 1. The van der Waals surface area contributed by atoms with Crippen LogP contribution in [0.2, 0.25) is 0 Å². The van der Waals surface area contributed by atoms with Gasteiger partial charge in [0.1, 0.15) is 0 Å². The number of rotatable bonds is 5. The highest BCUT2D eigenvalue weighted by molar-refractivity contribution is 6.02. The van der Waals surface area contributed by atoms with Gasteiger partial charge in [0, 0.05) is 56.8 Å². The fraction of sp³-hybridized carbons (Fsp3) is 0.609. The van der Waals surface area contributed by atoms with Gasteiger partial charge < -0.3 is 10.6 Å². The first-order valence-corrected chi connectivity index (χ1v) is 11.5. The topological polar surface area (TPSA) is 96.5 Å². The molecule has 1 aliphatic carbocycles. The zero-order valence-corrected chi connectivity index (χ0v) is 18.2. The second-order valence-corrected chi connectivity index (χ2v) is 9.43. The van der Waals surface area contributed by atoms with Crippen LogP contribution in [0, 0.1) is 5.92 Å². The summed E-state index contributed by atoms with van der Waals surface area (Å²) in [6, 6.07) is 6.86. The van der Waals surface area contributed by atoms with Crippen LogP contribution < -0.4 is 16.0 Å². The summed E-state index contributed by atoms with van der Waals surface area (Å²) in [5.41, 5.74) is 8.91. The quantitative estimate of drug-likeness (QED) is 0.704. The number of imide groups is 1. The average Bonchev–Trinajstić information content (AvgIpc) is 3.06. The summed E-state index contributed by atoms with van der Waals surface area (Å²) in [4.78, 5) is 28.8. The van der Waals surface area contributed by atoms with Crippen molar-refractivity contribution in [1.82, 2.24) is 20.0 Å². The number of aromatic nitrogens is 2. The average molecular weight is 425 g/mol. The van der Waals surface area contributed by atoms with Crippen LogP contribution in [0.1, 0.15) is 43.7 Å². The fourth-order valence-electron chi connectivity index (χ4n) is 5.30. The van der Waals surface area contributed by atoms with Gasteiger partial charge in [-0.15, -0.1) is 0 Å². The van der Waals surface area contributed by atoms with E-state index >= 15 is 0 Å². The first-order chi connectivity index (χ1) is 15.0. The lowest BCUT2D eigenvalue weighted by molar-refractivity contribution is -0.134. The Kier molecular flexibility index (Phi) is 5.44. The van der Waals surface area contributed by atoms with Gasteiger partial charge in [-0.3, -0.25) is 24.5 Å². The Morgan fingerprint density at radius 3 is 2.65 bits per heavy atom. The number of carbonyl (C=O) groups is 2. The van der Waals surface area contributed by atoms with Crippen LogP contribution in [-0.2, 0) is 16.6 Å². The predicted molar refractivity (Wildman–Crippen MR) is 120 cm³/mol. The SMILES string of the molecule is Cn1nc(C2CCC(=O)NC2=O)c2ccc(N3CCN(CCC4CC(N)C4)CC3)cc21. The van der Waals surface area contributed by atoms with Crippen molar-refractivity contribution in [1.29, 1.82) is 0 Å². The molecule has 166 valence electrons. The van der Waals surface area contributed by atoms with Crippen molar-refractivity contribution in [3.8, 4) is 0 Å². The lowest BCUT2D eigenvalue weighted by Gasteiger charge is -2.38. The van der Waals surface area contributed by atoms with Gasteiger partial charge in [-0.25, -0.2) is 0 Å². The van der Waals surface area contributed by atoms with E-state index in [0.717, 1.165) is 48.7 Å². The molecule has 3 aliphatic rings. The number of nitrogens with two attached hydrogens (primary N) is 1. The van der Waals surface area contributed by atoms with E-state index in [1.807, 2.05) is 11.7 Å². The van der Waals surface area contributed by atoms with Crippen LogP contribution in [0.3, 0.4) is 0 Å². The number of anilines is 1. The van der Waals surface area contributed by atoms with Gasteiger partial charge >= 0.3 is 0 Å². The molecule has 1 saturated carbocycles. The van der Waals surface area contributed by atoms with Gasteiger partial charge in [-0.05, 0) is 56.3 Å². The van der Waals surface area contributed by atoms with E-state index in [4.69, 9.17) is 5.73 Å². The molecule has 2 aliphatic heterocycles.